The van der Waals surface area contributed by atoms with Crippen LogP contribution in [0.3, 0.4) is 0 Å². The molecular weight excluding hydrogens is 298 g/mol. The minimum absolute atomic E-state index is 0.0220. The standard InChI is InChI=1S/C13H18BrNO3/c1-9-4-5-11(17-9)12(16)15-7-10(6-14)18-13(2,3)8-15/h4-5,10H,6-8H2,1-3H3. The van der Waals surface area contributed by atoms with Crippen molar-refractivity contribution in [3.05, 3.63) is 23.7 Å². The Morgan fingerprint density at radius 2 is 2.28 bits per heavy atom. The van der Waals surface area contributed by atoms with Gasteiger partial charge in [-0.05, 0) is 32.9 Å². The maximum absolute atomic E-state index is 12.3. The van der Waals surface area contributed by atoms with Gasteiger partial charge in [0.05, 0.1) is 11.7 Å². The van der Waals surface area contributed by atoms with Gasteiger partial charge in [-0.2, -0.15) is 0 Å². The molecule has 18 heavy (non-hydrogen) atoms. The van der Waals surface area contributed by atoms with E-state index in [1.54, 1.807) is 17.0 Å². The zero-order valence-corrected chi connectivity index (χ0v) is 12.5. The number of hydrogen-bond acceptors (Lipinski definition) is 3. The normalized spacial score (nSPS) is 23.1. The Bertz CT molecular complexity index is 441. The molecule has 1 atom stereocenters. The molecule has 2 rings (SSSR count). The second-order valence-corrected chi connectivity index (χ2v) is 5.90. The lowest BCUT2D eigenvalue weighted by molar-refractivity contribution is -0.116. The number of nitrogens with zero attached hydrogens (tertiary/aromatic N) is 1. The van der Waals surface area contributed by atoms with Gasteiger partial charge in [0.25, 0.3) is 5.91 Å². The van der Waals surface area contributed by atoms with Crippen LogP contribution in [0.4, 0.5) is 0 Å². The molecule has 1 unspecified atom stereocenters. The molecule has 100 valence electrons. The van der Waals surface area contributed by atoms with Crippen molar-refractivity contribution in [1.29, 1.82) is 0 Å². The van der Waals surface area contributed by atoms with Crippen LogP contribution in [-0.4, -0.2) is 40.9 Å². The predicted molar refractivity (Wildman–Crippen MR) is 72.1 cm³/mol. The van der Waals surface area contributed by atoms with Gasteiger partial charge in [-0.3, -0.25) is 4.79 Å². The summed E-state index contributed by atoms with van der Waals surface area (Å²) in [7, 11) is 0. The fourth-order valence-corrected chi connectivity index (χ4v) is 2.57. The third-order valence-electron chi connectivity index (χ3n) is 2.89. The van der Waals surface area contributed by atoms with E-state index in [0.717, 1.165) is 11.1 Å². The molecule has 1 fully saturated rings. The van der Waals surface area contributed by atoms with Gasteiger partial charge in [0.15, 0.2) is 5.76 Å². The Balaban J connectivity index is 2.14. The van der Waals surface area contributed by atoms with Crippen LogP contribution in [0.2, 0.25) is 0 Å². The second-order valence-electron chi connectivity index (χ2n) is 5.25. The molecule has 0 bridgehead atoms. The summed E-state index contributed by atoms with van der Waals surface area (Å²) in [5.74, 6) is 1.09. The number of furan rings is 1. The molecule has 5 heteroatoms. The minimum atomic E-state index is -0.325. The SMILES string of the molecule is Cc1ccc(C(=O)N2CC(CBr)OC(C)(C)C2)o1. The van der Waals surface area contributed by atoms with Crippen molar-refractivity contribution >= 4 is 21.8 Å². The number of morpholine rings is 1. The Kier molecular flexibility index (Phi) is 3.82. The molecular formula is C13H18BrNO3. The predicted octanol–water partition coefficient (Wildman–Crippen LogP) is 2.60. The van der Waals surface area contributed by atoms with Crippen LogP contribution in [0.5, 0.6) is 0 Å². The summed E-state index contributed by atoms with van der Waals surface area (Å²) in [6.45, 7) is 6.99. The van der Waals surface area contributed by atoms with Gasteiger partial charge in [0.1, 0.15) is 5.76 Å². The third-order valence-corrected chi connectivity index (χ3v) is 3.61. The summed E-state index contributed by atoms with van der Waals surface area (Å²) >= 11 is 3.41. The monoisotopic (exact) mass is 315 g/mol. The minimum Gasteiger partial charge on any atom is -0.456 e. The van der Waals surface area contributed by atoms with Crippen molar-refractivity contribution in [3.8, 4) is 0 Å². The van der Waals surface area contributed by atoms with E-state index in [-0.39, 0.29) is 17.6 Å². The van der Waals surface area contributed by atoms with Crippen LogP contribution in [-0.2, 0) is 4.74 Å². The lowest BCUT2D eigenvalue weighted by Gasteiger charge is -2.42. The maximum atomic E-state index is 12.3. The smallest absolute Gasteiger partial charge is 0.289 e. The average molecular weight is 316 g/mol. The molecule has 1 aromatic heterocycles. The molecule has 0 radical (unpaired) electrons. The van der Waals surface area contributed by atoms with E-state index in [1.807, 2.05) is 20.8 Å². The molecule has 0 aliphatic carbocycles. The second kappa shape index (κ2) is 5.05. The summed E-state index contributed by atoms with van der Waals surface area (Å²) in [5.41, 5.74) is -0.325. The number of carbonyl (C=O) groups is 1. The number of hydrogen-bond donors (Lipinski definition) is 0. The van der Waals surface area contributed by atoms with Gasteiger partial charge in [-0.1, -0.05) is 15.9 Å². The highest BCUT2D eigenvalue weighted by Gasteiger charge is 2.36. The van der Waals surface area contributed by atoms with E-state index < -0.39 is 0 Å². The van der Waals surface area contributed by atoms with Crippen LogP contribution in [0, 0.1) is 6.92 Å². The Morgan fingerprint density at radius 3 is 2.83 bits per heavy atom. The molecule has 0 N–H and O–H groups in total. The molecule has 1 saturated heterocycles. The van der Waals surface area contributed by atoms with Crippen molar-refractivity contribution in [1.82, 2.24) is 4.90 Å². The number of carbonyl (C=O) groups excluding carboxylic acids is 1. The van der Waals surface area contributed by atoms with Crippen molar-refractivity contribution < 1.29 is 13.9 Å². The first-order valence-corrected chi connectivity index (χ1v) is 7.13. The highest BCUT2D eigenvalue weighted by Crippen LogP contribution is 2.23. The molecule has 4 nitrogen and oxygen atoms in total. The number of amides is 1. The first kappa shape index (κ1) is 13.6. The van der Waals surface area contributed by atoms with Gasteiger partial charge in [0, 0.05) is 18.4 Å². The fraction of sp³-hybridized carbons (Fsp3) is 0.615. The lowest BCUT2D eigenvalue weighted by atomic mass is 10.1. The maximum Gasteiger partial charge on any atom is 0.289 e. The summed E-state index contributed by atoms with van der Waals surface area (Å²) < 4.78 is 11.3. The largest absolute Gasteiger partial charge is 0.456 e. The van der Waals surface area contributed by atoms with Crippen LogP contribution in [0.1, 0.15) is 30.2 Å². The van der Waals surface area contributed by atoms with E-state index in [4.69, 9.17) is 9.15 Å². The van der Waals surface area contributed by atoms with Crippen molar-refractivity contribution in [3.63, 3.8) is 0 Å². The molecule has 1 amide bonds. The molecule has 2 heterocycles. The van der Waals surface area contributed by atoms with Crippen LogP contribution < -0.4 is 0 Å². The number of alkyl halides is 1. The Morgan fingerprint density at radius 1 is 1.56 bits per heavy atom. The summed E-state index contributed by atoms with van der Waals surface area (Å²) in [6.07, 6.45) is 0.0220. The number of ether oxygens (including phenoxy) is 1. The van der Waals surface area contributed by atoms with Crippen LogP contribution in [0.25, 0.3) is 0 Å². The molecule has 1 aromatic rings. The zero-order valence-electron chi connectivity index (χ0n) is 10.9. The van der Waals surface area contributed by atoms with Gasteiger partial charge < -0.3 is 14.1 Å². The molecule has 0 spiro atoms. The first-order chi connectivity index (χ1) is 8.41. The highest BCUT2D eigenvalue weighted by atomic mass is 79.9. The van der Waals surface area contributed by atoms with E-state index in [2.05, 4.69) is 15.9 Å². The quantitative estimate of drug-likeness (QED) is 0.788. The van der Waals surface area contributed by atoms with Gasteiger partial charge >= 0.3 is 0 Å². The van der Waals surface area contributed by atoms with E-state index in [0.29, 0.717) is 18.8 Å². The third kappa shape index (κ3) is 2.95. The number of rotatable bonds is 2. The van der Waals surface area contributed by atoms with Crippen LogP contribution in [0.15, 0.2) is 16.5 Å². The Hall–Kier alpha value is -0.810. The number of halogens is 1. The first-order valence-electron chi connectivity index (χ1n) is 6.01. The van der Waals surface area contributed by atoms with Gasteiger partial charge in [-0.25, -0.2) is 0 Å². The molecule has 0 saturated carbocycles. The lowest BCUT2D eigenvalue weighted by Crippen LogP contribution is -2.55. The summed E-state index contributed by atoms with van der Waals surface area (Å²) in [4.78, 5) is 14.1. The zero-order chi connectivity index (χ0) is 13.3. The summed E-state index contributed by atoms with van der Waals surface area (Å²) in [6, 6.07) is 3.53. The van der Waals surface area contributed by atoms with E-state index in [1.165, 1.54) is 0 Å². The fourth-order valence-electron chi connectivity index (χ4n) is 2.24. The van der Waals surface area contributed by atoms with Crippen molar-refractivity contribution in [2.24, 2.45) is 0 Å². The molecule has 1 aliphatic heterocycles. The van der Waals surface area contributed by atoms with Crippen molar-refractivity contribution in [2.75, 3.05) is 18.4 Å². The van der Waals surface area contributed by atoms with Crippen molar-refractivity contribution in [2.45, 2.75) is 32.5 Å². The molecule has 1 aliphatic rings. The highest BCUT2D eigenvalue weighted by molar-refractivity contribution is 9.09. The Labute approximate surface area is 115 Å². The molecule has 0 aromatic carbocycles. The van der Waals surface area contributed by atoms with Gasteiger partial charge in [-0.15, -0.1) is 0 Å². The van der Waals surface area contributed by atoms with Crippen LogP contribution >= 0.6 is 15.9 Å². The topological polar surface area (TPSA) is 42.7 Å². The average Bonchev–Trinajstić information content (AvgIpc) is 2.72. The number of aryl methyl sites for hydroxylation is 1. The summed E-state index contributed by atoms with van der Waals surface area (Å²) in [5, 5.41) is 0.720. The van der Waals surface area contributed by atoms with E-state index in [9.17, 15) is 4.79 Å². The van der Waals surface area contributed by atoms with E-state index >= 15 is 0 Å². The van der Waals surface area contributed by atoms with Gasteiger partial charge in [0.2, 0.25) is 0 Å².